The number of halogens is 1. The van der Waals surface area contributed by atoms with Crippen molar-refractivity contribution in [2.24, 2.45) is 0 Å². The Morgan fingerprint density at radius 2 is 2.00 bits per heavy atom. The molecule has 6 nitrogen and oxygen atoms in total. The number of rotatable bonds is 9. The van der Waals surface area contributed by atoms with E-state index in [0.717, 1.165) is 74.1 Å². The number of thiazole rings is 1. The van der Waals surface area contributed by atoms with Gasteiger partial charge in [0, 0.05) is 44.3 Å². The Morgan fingerprint density at radius 3 is 2.75 bits per heavy atom. The van der Waals surface area contributed by atoms with Crippen molar-refractivity contribution in [3.63, 3.8) is 0 Å². The minimum Gasteiger partial charge on any atom is -0.368 e. The molecule has 1 aliphatic heterocycles. The van der Waals surface area contributed by atoms with Gasteiger partial charge >= 0.3 is 0 Å². The van der Waals surface area contributed by atoms with Gasteiger partial charge in [0.15, 0.2) is 10.7 Å². The smallest absolute Gasteiger partial charge is 0.271 e. The van der Waals surface area contributed by atoms with E-state index in [9.17, 15) is 4.79 Å². The van der Waals surface area contributed by atoms with Gasteiger partial charge in [-0.1, -0.05) is 37.1 Å². The number of amides is 1. The first-order chi connectivity index (χ1) is 15.6. The highest BCUT2D eigenvalue weighted by atomic mass is 35.5. The maximum absolute atomic E-state index is 12.4. The van der Waals surface area contributed by atoms with E-state index in [1.54, 1.807) is 11.3 Å². The number of aromatic nitrogens is 2. The first kappa shape index (κ1) is 23.1. The number of hydrogen-bond acceptors (Lipinski definition) is 5. The molecule has 0 aliphatic carbocycles. The highest BCUT2D eigenvalue weighted by Gasteiger charge is 2.19. The van der Waals surface area contributed by atoms with Gasteiger partial charge in [-0.05, 0) is 44.4 Å². The summed E-state index contributed by atoms with van der Waals surface area (Å²) in [5, 5.41) is 5.92. The number of aryl methyl sites for hydroxylation is 2. The summed E-state index contributed by atoms with van der Waals surface area (Å²) in [5.41, 5.74) is 3.84. The van der Waals surface area contributed by atoms with Crippen LogP contribution < -0.4 is 10.2 Å². The molecule has 172 valence electrons. The number of nitrogens with one attached hydrogen (secondary N) is 1. The van der Waals surface area contributed by atoms with Crippen molar-refractivity contribution in [1.82, 2.24) is 19.6 Å². The van der Waals surface area contributed by atoms with Crippen molar-refractivity contribution >= 4 is 39.5 Å². The van der Waals surface area contributed by atoms with Gasteiger partial charge in [0.25, 0.3) is 5.91 Å². The molecule has 1 amide bonds. The zero-order chi connectivity index (χ0) is 22.5. The first-order valence-corrected chi connectivity index (χ1v) is 12.8. The molecule has 0 radical (unpaired) electrons. The Kier molecular flexibility index (Phi) is 7.71. The van der Waals surface area contributed by atoms with Crippen molar-refractivity contribution in [2.45, 2.75) is 39.5 Å². The van der Waals surface area contributed by atoms with Gasteiger partial charge in [-0.15, -0.1) is 11.3 Å². The van der Waals surface area contributed by atoms with Crippen molar-refractivity contribution in [3.8, 4) is 0 Å². The summed E-state index contributed by atoms with van der Waals surface area (Å²) >= 11 is 8.15. The third-order valence-corrected chi connectivity index (χ3v) is 7.50. The van der Waals surface area contributed by atoms with Crippen LogP contribution in [0.2, 0.25) is 5.02 Å². The van der Waals surface area contributed by atoms with Crippen LogP contribution in [0.15, 0.2) is 29.8 Å². The molecule has 4 rings (SSSR count). The second kappa shape index (κ2) is 10.7. The van der Waals surface area contributed by atoms with Crippen LogP contribution in [0.3, 0.4) is 0 Å². The van der Waals surface area contributed by atoms with Crippen molar-refractivity contribution in [1.29, 1.82) is 0 Å². The van der Waals surface area contributed by atoms with Crippen LogP contribution in [-0.4, -0.2) is 59.5 Å². The van der Waals surface area contributed by atoms with Crippen LogP contribution in [-0.2, 0) is 6.42 Å². The number of carbonyl (C=O) groups excluding carboxylic acids is 1. The number of nitrogens with zero attached hydrogens (tertiary/aromatic N) is 4. The van der Waals surface area contributed by atoms with Crippen LogP contribution in [0.4, 0.5) is 5.69 Å². The maximum atomic E-state index is 12.4. The number of fused-ring (bicyclic) bond motifs is 1. The van der Waals surface area contributed by atoms with E-state index in [4.69, 9.17) is 11.6 Å². The zero-order valence-electron chi connectivity index (χ0n) is 18.9. The number of benzene rings is 1. The summed E-state index contributed by atoms with van der Waals surface area (Å²) in [4.78, 5) is 22.7. The molecule has 0 saturated carbocycles. The lowest BCUT2D eigenvalue weighted by molar-refractivity contribution is 0.0947. The maximum Gasteiger partial charge on any atom is 0.271 e. The van der Waals surface area contributed by atoms with Crippen LogP contribution >= 0.6 is 22.9 Å². The third-order valence-electron chi connectivity index (χ3n) is 6.30. The van der Waals surface area contributed by atoms with Gasteiger partial charge in [0.2, 0.25) is 0 Å². The predicted molar refractivity (Wildman–Crippen MR) is 133 cm³/mol. The first-order valence-electron chi connectivity index (χ1n) is 11.5. The molecule has 1 fully saturated rings. The Morgan fingerprint density at radius 1 is 1.19 bits per heavy atom. The summed E-state index contributed by atoms with van der Waals surface area (Å²) in [6, 6.07) is 6.37. The highest BCUT2D eigenvalue weighted by Crippen LogP contribution is 2.30. The Balaban J connectivity index is 1.13. The molecule has 0 bridgehead atoms. The van der Waals surface area contributed by atoms with E-state index in [0.29, 0.717) is 12.2 Å². The molecule has 32 heavy (non-hydrogen) atoms. The van der Waals surface area contributed by atoms with Gasteiger partial charge in [0.05, 0.1) is 16.4 Å². The fourth-order valence-corrected chi connectivity index (χ4v) is 5.47. The molecule has 0 unspecified atom stereocenters. The number of hydrogen-bond donors (Lipinski definition) is 1. The van der Waals surface area contributed by atoms with Crippen LogP contribution in [0.1, 0.15) is 47.9 Å². The molecule has 1 saturated heterocycles. The quantitative estimate of drug-likeness (QED) is 0.460. The minimum absolute atomic E-state index is 0.0691. The fourth-order valence-electron chi connectivity index (χ4n) is 4.33. The summed E-state index contributed by atoms with van der Waals surface area (Å²) in [6.45, 7) is 10.1. The Hall–Kier alpha value is -2.09. The molecule has 3 heterocycles. The van der Waals surface area contributed by atoms with Gasteiger partial charge in [0.1, 0.15) is 0 Å². The topological polar surface area (TPSA) is 52.9 Å². The Labute approximate surface area is 199 Å². The lowest BCUT2D eigenvalue weighted by Crippen LogP contribution is -2.46. The lowest BCUT2D eigenvalue weighted by atomic mass is 10.1. The van der Waals surface area contributed by atoms with Gasteiger partial charge < -0.3 is 10.2 Å². The highest BCUT2D eigenvalue weighted by molar-refractivity contribution is 7.15. The van der Waals surface area contributed by atoms with E-state index >= 15 is 0 Å². The summed E-state index contributed by atoms with van der Waals surface area (Å²) in [7, 11) is 0. The van der Waals surface area contributed by atoms with Crippen LogP contribution in [0.5, 0.6) is 0 Å². The second-order valence-electron chi connectivity index (χ2n) is 8.35. The Bertz CT molecular complexity index is 1050. The molecule has 1 aromatic carbocycles. The summed E-state index contributed by atoms with van der Waals surface area (Å²) in [6.07, 6.45) is 6.18. The SMILES string of the molecule is CCc1cccc(N2CCN(CCCCCNC(=O)c3nc4sccn4c3C)CC2)c1Cl. The van der Waals surface area contributed by atoms with E-state index in [1.807, 2.05) is 22.9 Å². The number of unbranched alkanes of at least 4 members (excludes halogenated alkanes) is 2. The van der Waals surface area contributed by atoms with E-state index in [2.05, 4.69) is 45.2 Å². The van der Waals surface area contributed by atoms with E-state index in [1.165, 1.54) is 11.3 Å². The molecule has 1 aliphatic rings. The van der Waals surface area contributed by atoms with Crippen molar-refractivity contribution < 1.29 is 4.79 Å². The molecule has 3 aromatic rings. The van der Waals surface area contributed by atoms with Crippen molar-refractivity contribution in [2.75, 3.05) is 44.2 Å². The van der Waals surface area contributed by atoms with Gasteiger partial charge in [-0.25, -0.2) is 4.98 Å². The molecular formula is C24H32ClN5OS. The van der Waals surface area contributed by atoms with Crippen LogP contribution in [0.25, 0.3) is 4.96 Å². The predicted octanol–water partition coefficient (Wildman–Crippen LogP) is 4.64. The molecular weight excluding hydrogens is 442 g/mol. The molecule has 2 aromatic heterocycles. The monoisotopic (exact) mass is 473 g/mol. The fraction of sp³-hybridized carbons (Fsp3) is 0.500. The van der Waals surface area contributed by atoms with Gasteiger partial charge in [-0.3, -0.25) is 14.1 Å². The third kappa shape index (κ3) is 5.11. The van der Waals surface area contributed by atoms with Crippen LogP contribution in [0, 0.1) is 6.92 Å². The van der Waals surface area contributed by atoms with Gasteiger partial charge in [-0.2, -0.15) is 0 Å². The largest absolute Gasteiger partial charge is 0.368 e. The number of imidazole rings is 1. The normalized spacial score (nSPS) is 14.9. The molecule has 0 spiro atoms. The average Bonchev–Trinajstić information content (AvgIpc) is 3.39. The average molecular weight is 474 g/mol. The number of anilines is 1. The number of piperazine rings is 1. The standard InChI is InChI=1S/C24H32ClN5OS/c1-3-19-8-7-9-20(21(19)25)29-14-12-28(13-15-29)11-6-4-5-10-26-23(31)22-18(2)30-16-17-32-24(30)27-22/h7-9,16-17H,3-6,10-15H2,1-2H3,(H,26,31). The summed E-state index contributed by atoms with van der Waals surface area (Å²) in [5.74, 6) is -0.0691. The zero-order valence-corrected chi connectivity index (χ0v) is 20.5. The van der Waals surface area contributed by atoms with E-state index in [-0.39, 0.29) is 5.91 Å². The lowest BCUT2D eigenvalue weighted by Gasteiger charge is -2.36. The minimum atomic E-state index is -0.0691. The molecule has 1 N–H and O–H groups in total. The molecule has 8 heteroatoms. The van der Waals surface area contributed by atoms with Crippen molar-refractivity contribution in [3.05, 3.63) is 51.7 Å². The molecule has 0 atom stereocenters. The summed E-state index contributed by atoms with van der Waals surface area (Å²) < 4.78 is 1.97. The second-order valence-corrected chi connectivity index (χ2v) is 9.60. The number of carbonyl (C=O) groups is 1. The van der Waals surface area contributed by atoms with E-state index < -0.39 is 0 Å².